The third-order valence-electron chi connectivity index (χ3n) is 8.30. The standard InChI is InChI=1S/C28H33N5/c1-19-10-11-22-25(19)27(32-18-31-22)33-23-9-5-8-21(17-29)26(23)28(12-14-30-15-13-28)24(33)16-20-6-3-2-4-7-20/h2-9,18-19,24,30H,10-17,29H2,1H3/t19-,24-/m1/s1. The summed E-state index contributed by atoms with van der Waals surface area (Å²) in [7, 11) is 0. The maximum Gasteiger partial charge on any atom is 0.140 e. The summed E-state index contributed by atoms with van der Waals surface area (Å²) in [5, 5.41) is 3.62. The number of fused-ring (bicyclic) bond motifs is 3. The molecule has 3 aromatic rings. The van der Waals surface area contributed by atoms with Crippen LogP contribution in [0.1, 0.15) is 60.1 Å². The zero-order chi connectivity index (χ0) is 22.4. The van der Waals surface area contributed by atoms with E-state index in [1.165, 1.54) is 33.6 Å². The van der Waals surface area contributed by atoms with Crippen molar-refractivity contribution in [2.75, 3.05) is 18.0 Å². The van der Waals surface area contributed by atoms with Gasteiger partial charge >= 0.3 is 0 Å². The van der Waals surface area contributed by atoms with Crippen LogP contribution in [0.15, 0.2) is 54.9 Å². The second kappa shape index (κ2) is 8.23. The number of aryl methyl sites for hydroxylation is 1. The number of benzene rings is 2. The molecule has 0 unspecified atom stereocenters. The molecule has 170 valence electrons. The van der Waals surface area contributed by atoms with Gasteiger partial charge in [0.15, 0.2) is 0 Å². The number of hydrogen-bond acceptors (Lipinski definition) is 5. The minimum atomic E-state index is 0.0616. The van der Waals surface area contributed by atoms with Gasteiger partial charge in [0, 0.05) is 34.9 Å². The van der Waals surface area contributed by atoms with Gasteiger partial charge in [-0.1, -0.05) is 49.4 Å². The van der Waals surface area contributed by atoms with Crippen LogP contribution < -0.4 is 16.0 Å². The van der Waals surface area contributed by atoms with E-state index in [1.54, 1.807) is 6.33 Å². The molecule has 0 radical (unpaired) electrons. The fourth-order valence-electron chi connectivity index (χ4n) is 6.77. The van der Waals surface area contributed by atoms with Crippen molar-refractivity contribution in [1.29, 1.82) is 0 Å². The molecule has 2 aliphatic heterocycles. The highest BCUT2D eigenvalue weighted by Gasteiger charge is 2.53. The van der Waals surface area contributed by atoms with Gasteiger partial charge in [0.1, 0.15) is 12.1 Å². The van der Waals surface area contributed by atoms with Crippen molar-refractivity contribution >= 4 is 11.5 Å². The number of nitrogens with one attached hydrogen (secondary N) is 1. The lowest BCUT2D eigenvalue weighted by Gasteiger charge is -2.43. The van der Waals surface area contributed by atoms with Gasteiger partial charge in [-0.25, -0.2) is 9.97 Å². The molecule has 1 aliphatic carbocycles. The highest BCUT2D eigenvalue weighted by atomic mass is 15.3. The Morgan fingerprint density at radius 2 is 1.88 bits per heavy atom. The van der Waals surface area contributed by atoms with E-state index in [2.05, 4.69) is 70.7 Å². The average Bonchev–Trinajstić information content (AvgIpc) is 3.36. The third kappa shape index (κ3) is 3.21. The molecule has 0 amide bonds. The molecule has 3 heterocycles. The monoisotopic (exact) mass is 439 g/mol. The molecule has 1 aromatic heterocycles. The predicted octanol–water partition coefficient (Wildman–Crippen LogP) is 4.37. The first-order valence-electron chi connectivity index (χ1n) is 12.4. The number of piperidine rings is 1. The summed E-state index contributed by atoms with van der Waals surface area (Å²) in [5.74, 6) is 1.61. The first-order chi connectivity index (χ1) is 16.2. The predicted molar refractivity (Wildman–Crippen MR) is 133 cm³/mol. The van der Waals surface area contributed by atoms with Crippen molar-refractivity contribution in [2.45, 2.75) is 62.9 Å². The number of nitrogens with zero attached hydrogens (tertiary/aromatic N) is 3. The summed E-state index contributed by atoms with van der Waals surface area (Å²) in [6.07, 6.45) is 7.22. The molecule has 6 rings (SSSR count). The van der Waals surface area contributed by atoms with Crippen molar-refractivity contribution in [1.82, 2.24) is 15.3 Å². The lowest BCUT2D eigenvalue weighted by molar-refractivity contribution is 0.267. The largest absolute Gasteiger partial charge is 0.326 e. The molecule has 0 saturated carbocycles. The molecule has 2 atom stereocenters. The fraction of sp³-hybridized carbons (Fsp3) is 0.429. The minimum Gasteiger partial charge on any atom is -0.326 e. The van der Waals surface area contributed by atoms with Crippen LogP contribution in [0.4, 0.5) is 11.5 Å². The molecule has 2 aromatic carbocycles. The second-order valence-electron chi connectivity index (χ2n) is 9.99. The van der Waals surface area contributed by atoms with Gasteiger partial charge in [0.2, 0.25) is 0 Å². The Kier molecular flexibility index (Phi) is 5.19. The van der Waals surface area contributed by atoms with E-state index in [1.807, 2.05) is 0 Å². The Morgan fingerprint density at radius 1 is 1.06 bits per heavy atom. The van der Waals surface area contributed by atoms with Crippen molar-refractivity contribution < 1.29 is 0 Å². The summed E-state index contributed by atoms with van der Waals surface area (Å²) in [6.45, 7) is 4.98. The number of aromatic nitrogens is 2. The molecule has 0 bridgehead atoms. The van der Waals surface area contributed by atoms with Crippen LogP contribution in [-0.2, 0) is 24.8 Å². The molecule has 1 fully saturated rings. The van der Waals surface area contributed by atoms with Crippen LogP contribution in [0.5, 0.6) is 0 Å². The van der Waals surface area contributed by atoms with E-state index < -0.39 is 0 Å². The van der Waals surface area contributed by atoms with Crippen LogP contribution in [0.3, 0.4) is 0 Å². The molecule has 5 nitrogen and oxygen atoms in total. The molecule has 3 N–H and O–H groups in total. The Bertz CT molecular complexity index is 1150. The van der Waals surface area contributed by atoms with Gasteiger partial charge in [-0.2, -0.15) is 0 Å². The van der Waals surface area contributed by atoms with Crippen molar-refractivity contribution in [3.63, 3.8) is 0 Å². The third-order valence-corrected chi connectivity index (χ3v) is 8.30. The zero-order valence-corrected chi connectivity index (χ0v) is 19.4. The molecule has 1 spiro atoms. The van der Waals surface area contributed by atoms with Gasteiger partial charge in [-0.3, -0.25) is 0 Å². The fourth-order valence-corrected chi connectivity index (χ4v) is 6.77. The summed E-state index contributed by atoms with van der Waals surface area (Å²) in [5.41, 5.74) is 14.4. The molecular formula is C28H33N5. The van der Waals surface area contributed by atoms with Gasteiger partial charge in [0.25, 0.3) is 0 Å². The maximum atomic E-state index is 6.35. The smallest absolute Gasteiger partial charge is 0.140 e. The van der Waals surface area contributed by atoms with Crippen LogP contribution >= 0.6 is 0 Å². The number of hydrogen-bond donors (Lipinski definition) is 2. The Labute approximate surface area is 196 Å². The van der Waals surface area contributed by atoms with E-state index in [0.29, 0.717) is 18.5 Å². The lowest BCUT2D eigenvalue weighted by atomic mass is 9.67. The molecule has 1 saturated heterocycles. The number of nitrogens with two attached hydrogens (primary N) is 1. The van der Waals surface area contributed by atoms with Gasteiger partial charge in [-0.15, -0.1) is 0 Å². The SMILES string of the molecule is C[C@@H]1CCc2ncnc(N3c4cccc(CN)c4C4(CCNCC4)[C@H]3Cc3ccccc3)c21. The Hall–Kier alpha value is -2.76. The van der Waals surface area contributed by atoms with Crippen LogP contribution in [-0.4, -0.2) is 29.1 Å². The second-order valence-corrected chi connectivity index (χ2v) is 9.99. The van der Waals surface area contributed by atoms with Gasteiger partial charge < -0.3 is 16.0 Å². The normalized spacial score (nSPS) is 23.0. The highest BCUT2D eigenvalue weighted by Crippen LogP contribution is 2.56. The van der Waals surface area contributed by atoms with Crippen molar-refractivity contribution in [3.05, 3.63) is 82.8 Å². The van der Waals surface area contributed by atoms with Crippen molar-refractivity contribution in [2.24, 2.45) is 5.73 Å². The quantitative estimate of drug-likeness (QED) is 0.632. The zero-order valence-electron chi connectivity index (χ0n) is 19.4. The first kappa shape index (κ1) is 20.8. The van der Waals surface area contributed by atoms with Crippen LogP contribution in [0.2, 0.25) is 0 Å². The van der Waals surface area contributed by atoms with Gasteiger partial charge in [0.05, 0.1) is 0 Å². The Balaban J connectivity index is 1.60. The van der Waals surface area contributed by atoms with E-state index in [0.717, 1.165) is 51.0 Å². The highest BCUT2D eigenvalue weighted by molar-refractivity contribution is 5.77. The van der Waals surface area contributed by atoms with Crippen LogP contribution in [0, 0.1) is 0 Å². The maximum absolute atomic E-state index is 6.35. The topological polar surface area (TPSA) is 67.1 Å². The van der Waals surface area contributed by atoms with Crippen LogP contribution in [0.25, 0.3) is 0 Å². The minimum absolute atomic E-state index is 0.0616. The van der Waals surface area contributed by atoms with E-state index in [4.69, 9.17) is 10.7 Å². The average molecular weight is 440 g/mol. The summed E-state index contributed by atoms with van der Waals surface area (Å²) < 4.78 is 0. The van der Waals surface area contributed by atoms with E-state index in [-0.39, 0.29) is 5.41 Å². The summed E-state index contributed by atoms with van der Waals surface area (Å²) in [4.78, 5) is 12.2. The summed E-state index contributed by atoms with van der Waals surface area (Å²) in [6, 6.07) is 18.0. The molecule has 3 aliphatic rings. The van der Waals surface area contributed by atoms with Gasteiger partial charge in [-0.05, 0) is 73.9 Å². The molecule has 5 heteroatoms. The first-order valence-corrected chi connectivity index (χ1v) is 12.4. The van der Waals surface area contributed by atoms with E-state index in [9.17, 15) is 0 Å². The van der Waals surface area contributed by atoms with Crippen molar-refractivity contribution in [3.8, 4) is 0 Å². The number of anilines is 2. The molecular weight excluding hydrogens is 406 g/mol. The molecule has 33 heavy (non-hydrogen) atoms. The lowest BCUT2D eigenvalue weighted by Crippen LogP contribution is -2.51. The number of rotatable bonds is 4. The summed E-state index contributed by atoms with van der Waals surface area (Å²) >= 11 is 0. The Morgan fingerprint density at radius 3 is 2.67 bits per heavy atom. The van der Waals surface area contributed by atoms with E-state index >= 15 is 0 Å².